The van der Waals surface area contributed by atoms with Crippen LogP contribution in [0, 0.1) is 13.8 Å². The lowest BCUT2D eigenvalue weighted by Gasteiger charge is -2.08. The van der Waals surface area contributed by atoms with Crippen LogP contribution in [-0.4, -0.2) is 19.3 Å². The monoisotopic (exact) mass is 245 g/mol. The van der Waals surface area contributed by atoms with E-state index in [1.165, 1.54) is 11.3 Å². The van der Waals surface area contributed by atoms with E-state index in [0.29, 0.717) is 0 Å². The third-order valence-corrected chi connectivity index (χ3v) is 3.12. The summed E-state index contributed by atoms with van der Waals surface area (Å²) < 4.78 is 3.93. The molecule has 0 saturated heterocycles. The zero-order chi connectivity index (χ0) is 13.1. The van der Waals surface area contributed by atoms with Crippen molar-refractivity contribution in [2.75, 3.05) is 5.32 Å². The lowest BCUT2D eigenvalue weighted by Crippen LogP contribution is -2.08. The van der Waals surface area contributed by atoms with E-state index in [-0.39, 0.29) is 0 Å². The highest BCUT2D eigenvalue weighted by atomic mass is 15.3. The van der Waals surface area contributed by atoms with E-state index in [9.17, 15) is 0 Å². The van der Waals surface area contributed by atoms with E-state index >= 15 is 0 Å². The van der Waals surface area contributed by atoms with Crippen LogP contribution in [0.2, 0.25) is 0 Å². The average Bonchev–Trinajstić information content (AvgIpc) is 2.85. The Morgan fingerprint density at radius 2 is 2.22 bits per heavy atom. The lowest BCUT2D eigenvalue weighted by molar-refractivity contribution is 0.730. The largest absolute Gasteiger partial charge is 0.351 e. The quantitative estimate of drug-likeness (QED) is 0.820. The van der Waals surface area contributed by atoms with Crippen LogP contribution >= 0.6 is 0 Å². The molecule has 2 heterocycles. The maximum Gasteiger partial charge on any atom is 0.203 e. The van der Waals surface area contributed by atoms with Crippen molar-refractivity contribution in [3.63, 3.8) is 0 Å². The zero-order valence-corrected chi connectivity index (χ0v) is 11.1. The summed E-state index contributed by atoms with van der Waals surface area (Å²) in [6.07, 6.45) is 5.58. The van der Waals surface area contributed by atoms with E-state index in [1.807, 2.05) is 35.5 Å². The van der Waals surface area contributed by atoms with Crippen LogP contribution in [0.1, 0.15) is 17.0 Å². The third kappa shape index (κ3) is 2.30. The minimum atomic E-state index is 0.736. The van der Waals surface area contributed by atoms with Gasteiger partial charge in [-0.2, -0.15) is 5.10 Å². The lowest BCUT2D eigenvalue weighted by atomic mass is 10.2. The highest BCUT2D eigenvalue weighted by Gasteiger charge is 2.09. The molecule has 0 radical (unpaired) electrons. The van der Waals surface area contributed by atoms with Crippen LogP contribution in [0.15, 0.2) is 25.0 Å². The van der Waals surface area contributed by atoms with E-state index in [1.54, 1.807) is 6.20 Å². The summed E-state index contributed by atoms with van der Waals surface area (Å²) in [5.41, 5.74) is 3.47. The molecule has 0 fully saturated rings. The van der Waals surface area contributed by atoms with Crippen molar-refractivity contribution in [3.8, 4) is 0 Å². The molecule has 0 aliphatic rings. The van der Waals surface area contributed by atoms with Gasteiger partial charge in [0, 0.05) is 43.8 Å². The van der Waals surface area contributed by atoms with Crippen LogP contribution < -0.4 is 5.32 Å². The minimum Gasteiger partial charge on any atom is -0.351 e. The molecule has 0 amide bonds. The topological polar surface area (TPSA) is 47.7 Å². The maximum atomic E-state index is 4.40. The van der Waals surface area contributed by atoms with Crippen molar-refractivity contribution < 1.29 is 0 Å². The van der Waals surface area contributed by atoms with Crippen LogP contribution in [0.25, 0.3) is 0 Å². The fourth-order valence-corrected chi connectivity index (χ4v) is 2.00. The van der Waals surface area contributed by atoms with Gasteiger partial charge in [-0.1, -0.05) is 6.08 Å². The summed E-state index contributed by atoms with van der Waals surface area (Å²) in [5, 5.41) is 7.74. The summed E-state index contributed by atoms with van der Waals surface area (Å²) in [6, 6.07) is 0. The molecule has 5 heteroatoms. The van der Waals surface area contributed by atoms with Crippen molar-refractivity contribution in [3.05, 3.63) is 42.0 Å². The van der Waals surface area contributed by atoms with Crippen LogP contribution in [-0.2, 0) is 20.1 Å². The zero-order valence-electron chi connectivity index (χ0n) is 11.1. The van der Waals surface area contributed by atoms with Gasteiger partial charge in [0.05, 0.1) is 5.69 Å². The second kappa shape index (κ2) is 5.08. The number of nitrogens with zero attached hydrogens (tertiary/aromatic N) is 4. The minimum absolute atomic E-state index is 0.736. The van der Waals surface area contributed by atoms with E-state index in [2.05, 4.69) is 28.9 Å². The first-order valence-electron chi connectivity index (χ1n) is 5.98. The standard InChI is InChI=1S/C13H19N5/c1-5-7-18-8-6-14-13(18)15-9-12-10(2)16-17(4)11(12)3/h5-6,8H,1,7,9H2,2-4H3,(H,14,15). The van der Waals surface area contributed by atoms with Gasteiger partial charge in [0.25, 0.3) is 0 Å². The molecule has 1 N–H and O–H groups in total. The number of rotatable bonds is 5. The fraction of sp³-hybridized carbons (Fsp3) is 0.385. The summed E-state index contributed by atoms with van der Waals surface area (Å²) in [5.74, 6) is 0.859. The van der Waals surface area contributed by atoms with Crippen molar-refractivity contribution in [2.24, 2.45) is 7.05 Å². The second-order valence-electron chi connectivity index (χ2n) is 4.32. The average molecular weight is 245 g/mol. The number of allylic oxidation sites excluding steroid dienone is 1. The number of hydrogen-bond acceptors (Lipinski definition) is 3. The number of hydrogen-bond donors (Lipinski definition) is 1. The van der Waals surface area contributed by atoms with E-state index in [0.717, 1.165) is 24.7 Å². The fourth-order valence-electron chi connectivity index (χ4n) is 2.00. The van der Waals surface area contributed by atoms with E-state index < -0.39 is 0 Å². The number of aryl methyl sites for hydroxylation is 2. The van der Waals surface area contributed by atoms with Crippen LogP contribution in [0.3, 0.4) is 0 Å². The third-order valence-electron chi connectivity index (χ3n) is 3.12. The van der Waals surface area contributed by atoms with Crippen LogP contribution in [0.5, 0.6) is 0 Å². The molecule has 2 aromatic heterocycles. The van der Waals surface area contributed by atoms with Gasteiger partial charge in [0.15, 0.2) is 0 Å². The van der Waals surface area contributed by atoms with Crippen molar-refractivity contribution in [2.45, 2.75) is 26.9 Å². The predicted octanol–water partition coefficient (Wildman–Crippen LogP) is 2.03. The molecule has 18 heavy (non-hydrogen) atoms. The molecule has 0 unspecified atom stereocenters. The Bertz CT molecular complexity index is 550. The molecule has 0 aliphatic carbocycles. The Labute approximate surface area is 107 Å². The number of imidazole rings is 1. The molecule has 0 aliphatic heterocycles. The Morgan fingerprint density at radius 3 is 2.83 bits per heavy atom. The highest BCUT2D eigenvalue weighted by Crippen LogP contribution is 2.14. The van der Waals surface area contributed by atoms with Gasteiger partial charge in [-0.05, 0) is 13.8 Å². The molecular weight excluding hydrogens is 226 g/mol. The molecule has 2 aromatic rings. The van der Waals surface area contributed by atoms with Gasteiger partial charge in [0.1, 0.15) is 0 Å². The summed E-state index contributed by atoms with van der Waals surface area (Å²) in [7, 11) is 1.96. The van der Waals surface area contributed by atoms with Crippen LogP contribution in [0.4, 0.5) is 5.95 Å². The molecule has 0 saturated carbocycles. The first-order valence-corrected chi connectivity index (χ1v) is 5.98. The van der Waals surface area contributed by atoms with Gasteiger partial charge >= 0.3 is 0 Å². The maximum absolute atomic E-state index is 4.40. The normalized spacial score (nSPS) is 10.6. The van der Waals surface area contributed by atoms with Crippen molar-refractivity contribution >= 4 is 5.95 Å². The van der Waals surface area contributed by atoms with Crippen molar-refractivity contribution in [1.82, 2.24) is 19.3 Å². The molecule has 0 bridgehead atoms. The molecule has 5 nitrogen and oxygen atoms in total. The summed E-state index contributed by atoms with van der Waals surface area (Å²) in [6.45, 7) is 9.33. The Morgan fingerprint density at radius 1 is 1.44 bits per heavy atom. The van der Waals surface area contributed by atoms with Gasteiger partial charge < -0.3 is 9.88 Å². The summed E-state index contributed by atoms with van der Waals surface area (Å²) >= 11 is 0. The Hall–Kier alpha value is -2.04. The number of aromatic nitrogens is 4. The van der Waals surface area contributed by atoms with Gasteiger partial charge in [-0.3, -0.25) is 4.68 Å². The Balaban J connectivity index is 2.11. The molecule has 0 spiro atoms. The van der Waals surface area contributed by atoms with Crippen molar-refractivity contribution in [1.29, 1.82) is 0 Å². The van der Waals surface area contributed by atoms with E-state index in [4.69, 9.17) is 0 Å². The molecule has 0 atom stereocenters. The second-order valence-corrected chi connectivity index (χ2v) is 4.32. The van der Waals surface area contributed by atoms with Gasteiger partial charge in [0.2, 0.25) is 5.95 Å². The Kier molecular flexibility index (Phi) is 3.50. The van der Waals surface area contributed by atoms with Gasteiger partial charge in [-0.15, -0.1) is 6.58 Å². The molecule has 2 rings (SSSR count). The highest BCUT2D eigenvalue weighted by molar-refractivity contribution is 5.32. The van der Waals surface area contributed by atoms with Gasteiger partial charge in [-0.25, -0.2) is 4.98 Å². The number of nitrogens with one attached hydrogen (secondary N) is 1. The first kappa shape index (κ1) is 12.4. The predicted molar refractivity (Wildman–Crippen MR) is 72.4 cm³/mol. The number of anilines is 1. The SMILES string of the molecule is C=CCn1ccnc1NCc1c(C)nn(C)c1C. The molecular formula is C13H19N5. The summed E-state index contributed by atoms with van der Waals surface area (Å²) in [4.78, 5) is 4.29. The molecule has 96 valence electrons. The molecule has 0 aromatic carbocycles. The smallest absolute Gasteiger partial charge is 0.203 e. The first-order chi connectivity index (χ1) is 8.63.